The Morgan fingerprint density at radius 1 is 0.913 bits per heavy atom. The van der Waals surface area contributed by atoms with Gasteiger partial charge in [0.25, 0.3) is 0 Å². The Labute approximate surface area is 145 Å². The summed E-state index contributed by atoms with van der Waals surface area (Å²) in [6.45, 7) is 0. The maximum absolute atomic E-state index is 5.93. The lowest BCUT2D eigenvalue weighted by Gasteiger charge is -2.05. The number of fused-ring (bicyclic) bond motifs is 1. The van der Waals surface area contributed by atoms with Gasteiger partial charge in [0.1, 0.15) is 11.5 Å². The van der Waals surface area contributed by atoms with Crippen LogP contribution in [0.25, 0.3) is 22.2 Å². The van der Waals surface area contributed by atoms with E-state index in [0.717, 1.165) is 22.3 Å². The molecule has 2 N–H and O–H groups in total. The van der Waals surface area contributed by atoms with Crippen LogP contribution in [0.4, 0.5) is 5.69 Å². The summed E-state index contributed by atoms with van der Waals surface area (Å²) in [7, 11) is 3.31. The van der Waals surface area contributed by atoms with Crippen molar-refractivity contribution < 1.29 is 9.47 Å². The largest absolute Gasteiger partial charge is 0.496 e. The van der Waals surface area contributed by atoms with Crippen LogP contribution in [0.3, 0.4) is 0 Å². The molecule has 0 unspecified atom stereocenters. The maximum Gasteiger partial charge on any atom is 0.141 e. The van der Waals surface area contributed by atoms with Gasteiger partial charge in [0, 0.05) is 10.1 Å². The number of rotatable bonds is 4. The van der Waals surface area contributed by atoms with Crippen molar-refractivity contribution >= 4 is 51.7 Å². The average molecular weight is 348 g/mol. The highest BCUT2D eigenvalue weighted by Gasteiger charge is 2.04. The lowest BCUT2D eigenvalue weighted by molar-refractivity contribution is 0.417. The molecule has 0 bridgehead atoms. The molecular formula is C18H18ClNO2S. The summed E-state index contributed by atoms with van der Waals surface area (Å²) in [6.07, 6.45) is 4.09. The molecule has 3 rings (SSSR count). The monoisotopic (exact) mass is 347 g/mol. The summed E-state index contributed by atoms with van der Waals surface area (Å²) in [5.74, 6) is 1.59. The standard InChI is InChI=1S/C18H17NO2S.ClH/c1-20-16-6-5-12(9-15(16)19)3-4-13-10-17(21-2)14-7-8-22-18(14)11-13;/h3-11H,19H2,1-2H3;1H/b4-3+;. The lowest BCUT2D eigenvalue weighted by Crippen LogP contribution is -1.92. The van der Waals surface area contributed by atoms with Crippen molar-refractivity contribution in [2.75, 3.05) is 20.0 Å². The van der Waals surface area contributed by atoms with Crippen LogP contribution in [0, 0.1) is 0 Å². The van der Waals surface area contributed by atoms with Gasteiger partial charge in [-0.05, 0) is 46.8 Å². The van der Waals surface area contributed by atoms with Crippen LogP contribution >= 0.6 is 23.7 Å². The SMILES string of the molecule is COc1ccc(/C=C/c2cc(OC)c3ccsc3c2)cc1N.Cl. The third-order valence-electron chi connectivity index (χ3n) is 3.50. The average Bonchev–Trinajstić information content (AvgIpc) is 3.00. The molecule has 0 radical (unpaired) electrons. The van der Waals surface area contributed by atoms with Gasteiger partial charge in [-0.2, -0.15) is 0 Å². The summed E-state index contributed by atoms with van der Waals surface area (Å²) in [6, 6.07) is 12.0. The molecule has 0 saturated carbocycles. The Hall–Kier alpha value is -2.17. The van der Waals surface area contributed by atoms with Gasteiger partial charge in [0.2, 0.25) is 0 Å². The second-order valence-electron chi connectivity index (χ2n) is 4.89. The van der Waals surface area contributed by atoms with Gasteiger partial charge in [-0.15, -0.1) is 23.7 Å². The Kier molecular flexibility index (Phi) is 5.53. The van der Waals surface area contributed by atoms with E-state index in [4.69, 9.17) is 15.2 Å². The Morgan fingerprint density at radius 3 is 2.35 bits per heavy atom. The highest BCUT2D eigenvalue weighted by molar-refractivity contribution is 7.17. The first-order valence-electron chi connectivity index (χ1n) is 6.88. The van der Waals surface area contributed by atoms with E-state index in [-0.39, 0.29) is 12.4 Å². The first kappa shape index (κ1) is 17.2. The molecule has 3 nitrogen and oxygen atoms in total. The molecule has 2 aromatic carbocycles. The molecule has 1 aromatic heterocycles. The summed E-state index contributed by atoms with van der Waals surface area (Å²) >= 11 is 1.71. The number of halogens is 1. The smallest absolute Gasteiger partial charge is 0.141 e. The minimum Gasteiger partial charge on any atom is -0.496 e. The zero-order valence-electron chi connectivity index (χ0n) is 12.9. The first-order valence-corrected chi connectivity index (χ1v) is 7.76. The van der Waals surface area contributed by atoms with Crippen LogP contribution in [0.15, 0.2) is 41.8 Å². The van der Waals surface area contributed by atoms with Gasteiger partial charge < -0.3 is 15.2 Å². The maximum atomic E-state index is 5.93. The van der Waals surface area contributed by atoms with Gasteiger partial charge in [0.05, 0.1) is 19.9 Å². The number of hydrogen-bond acceptors (Lipinski definition) is 4. The normalized spacial score (nSPS) is 10.7. The fourth-order valence-electron chi connectivity index (χ4n) is 2.37. The summed E-state index contributed by atoms with van der Waals surface area (Å²) in [4.78, 5) is 0. The molecule has 0 aliphatic heterocycles. The molecule has 0 saturated heterocycles. The Morgan fingerprint density at radius 2 is 1.65 bits per heavy atom. The number of nitrogens with two attached hydrogens (primary N) is 1. The molecule has 1 heterocycles. The molecular weight excluding hydrogens is 330 g/mol. The van der Waals surface area contributed by atoms with Gasteiger partial charge in [-0.3, -0.25) is 0 Å². The zero-order chi connectivity index (χ0) is 15.5. The Balaban J connectivity index is 0.00000192. The molecule has 0 aliphatic carbocycles. The van der Waals surface area contributed by atoms with Crippen LogP contribution in [0.1, 0.15) is 11.1 Å². The van der Waals surface area contributed by atoms with Crippen molar-refractivity contribution in [3.63, 3.8) is 0 Å². The third kappa shape index (κ3) is 3.60. The quantitative estimate of drug-likeness (QED) is 0.528. The molecule has 0 aliphatic rings. The number of hydrogen-bond donors (Lipinski definition) is 1. The molecule has 0 fully saturated rings. The van der Waals surface area contributed by atoms with Crippen LogP contribution in [0.2, 0.25) is 0 Å². The van der Waals surface area contributed by atoms with Gasteiger partial charge in [0.15, 0.2) is 0 Å². The minimum atomic E-state index is 0. The van der Waals surface area contributed by atoms with Gasteiger partial charge in [-0.1, -0.05) is 18.2 Å². The van der Waals surface area contributed by atoms with Gasteiger partial charge >= 0.3 is 0 Å². The zero-order valence-corrected chi connectivity index (χ0v) is 14.5. The number of thiophene rings is 1. The number of anilines is 1. The first-order chi connectivity index (χ1) is 10.7. The number of benzene rings is 2. The number of ether oxygens (including phenoxy) is 2. The predicted octanol–water partition coefficient (Wildman–Crippen LogP) is 5.09. The van der Waals surface area contributed by atoms with Crippen molar-refractivity contribution in [1.82, 2.24) is 0 Å². The number of methoxy groups -OCH3 is 2. The van der Waals surface area contributed by atoms with Crippen LogP contribution < -0.4 is 15.2 Å². The van der Waals surface area contributed by atoms with Crippen LogP contribution in [0.5, 0.6) is 11.5 Å². The van der Waals surface area contributed by atoms with Crippen molar-refractivity contribution in [2.24, 2.45) is 0 Å². The summed E-state index contributed by atoms with van der Waals surface area (Å²) in [5.41, 5.74) is 8.69. The lowest BCUT2D eigenvalue weighted by atomic mass is 10.1. The van der Waals surface area contributed by atoms with E-state index in [1.165, 1.54) is 4.70 Å². The van der Waals surface area contributed by atoms with E-state index in [9.17, 15) is 0 Å². The molecule has 0 atom stereocenters. The van der Waals surface area contributed by atoms with Crippen molar-refractivity contribution in [1.29, 1.82) is 0 Å². The molecule has 120 valence electrons. The van der Waals surface area contributed by atoms with E-state index < -0.39 is 0 Å². The van der Waals surface area contributed by atoms with Crippen LogP contribution in [-0.2, 0) is 0 Å². The van der Waals surface area contributed by atoms with E-state index in [0.29, 0.717) is 11.4 Å². The third-order valence-corrected chi connectivity index (χ3v) is 4.36. The van der Waals surface area contributed by atoms with Crippen molar-refractivity contribution in [3.8, 4) is 11.5 Å². The molecule has 0 spiro atoms. The minimum absolute atomic E-state index is 0. The Bertz CT molecular complexity index is 842. The predicted molar refractivity (Wildman–Crippen MR) is 102 cm³/mol. The van der Waals surface area contributed by atoms with Crippen LogP contribution in [-0.4, -0.2) is 14.2 Å². The van der Waals surface area contributed by atoms with E-state index in [1.54, 1.807) is 25.6 Å². The highest BCUT2D eigenvalue weighted by Crippen LogP contribution is 2.32. The second-order valence-corrected chi connectivity index (χ2v) is 5.84. The molecule has 5 heteroatoms. The second kappa shape index (κ2) is 7.40. The fourth-order valence-corrected chi connectivity index (χ4v) is 3.22. The fraction of sp³-hybridized carbons (Fsp3) is 0.111. The number of nitrogen functional groups attached to an aromatic ring is 1. The molecule has 3 aromatic rings. The van der Waals surface area contributed by atoms with E-state index in [2.05, 4.69) is 23.6 Å². The topological polar surface area (TPSA) is 44.5 Å². The van der Waals surface area contributed by atoms with Gasteiger partial charge in [-0.25, -0.2) is 0 Å². The highest BCUT2D eigenvalue weighted by atomic mass is 35.5. The molecule has 23 heavy (non-hydrogen) atoms. The van der Waals surface area contributed by atoms with E-state index in [1.807, 2.05) is 30.3 Å². The summed E-state index contributed by atoms with van der Waals surface area (Å²) in [5, 5.41) is 3.23. The van der Waals surface area contributed by atoms with Crippen molar-refractivity contribution in [3.05, 3.63) is 52.9 Å². The van der Waals surface area contributed by atoms with E-state index >= 15 is 0 Å². The molecule has 0 amide bonds. The van der Waals surface area contributed by atoms with Crippen molar-refractivity contribution in [2.45, 2.75) is 0 Å². The summed E-state index contributed by atoms with van der Waals surface area (Å²) < 4.78 is 11.8.